The summed E-state index contributed by atoms with van der Waals surface area (Å²) in [7, 11) is -3.51. The van der Waals surface area contributed by atoms with Crippen LogP contribution in [0.3, 0.4) is 0 Å². The molecule has 2 N–H and O–H groups in total. The first-order chi connectivity index (χ1) is 8.82. The first-order valence-corrected chi connectivity index (χ1v) is 7.65. The van der Waals surface area contributed by atoms with E-state index < -0.39 is 15.6 Å². The van der Waals surface area contributed by atoms with Crippen LogP contribution in [0.25, 0.3) is 0 Å². The summed E-state index contributed by atoms with van der Waals surface area (Å²) in [5.74, 6) is 2.59. The SMILES string of the molecule is C#CC(C)(C)Nc1ccccc1S(=O)(=O)NCCC. The highest BCUT2D eigenvalue weighted by atomic mass is 32.2. The first-order valence-electron chi connectivity index (χ1n) is 6.17. The Morgan fingerprint density at radius 3 is 2.53 bits per heavy atom. The van der Waals surface area contributed by atoms with Crippen molar-refractivity contribution in [3.05, 3.63) is 24.3 Å². The van der Waals surface area contributed by atoms with Gasteiger partial charge in [0.2, 0.25) is 10.0 Å². The van der Waals surface area contributed by atoms with Gasteiger partial charge in [-0.15, -0.1) is 6.42 Å². The molecule has 0 aliphatic heterocycles. The minimum Gasteiger partial charge on any atom is -0.368 e. The standard InChI is InChI=1S/C14H20N2O2S/c1-5-11-15-19(17,18)13-10-8-7-9-12(13)16-14(3,4)6-2/h2,7-10,15-16H,5,11H2,1,3-4H3. The number of anilines is 1. The van der Waals surface area contributed by atoms with Gasteiger partial charge in [0.1, 0.15) is 4.90 Å². The van der Waals surface area contributed by atoms with Crippen LogP contribution in [0, 0.1) is 12.3 Å². The van der Waals surface area contributed by atoms with Crippen molar-refractivity contribution in [2.24, 2.45) is 0 Å². The van der Waals surface area contributed by atoms with Crippen molar-refractivity contribution in [3.63, 3.8) is 0 Å². The van der Waals surface area contributed by atoms with E-state index in [2.05, 4.69) is 16.0 Å². The Morgan fingerprint density at radius 2 is 1.95 bits per heavy atom. The van der Waals surface area contributed by atoms with E-state index in [1.54, 1.807) is 24.3 Å². The molecule has 19 heavy (non-hydrogen) atoms. The molecule has 0 amide bonds. The van der Waals surface area contributed by atoms with Gasteiger partial charge in [-0.2, -0.15) is 0 Å². The first kappa shape index (κ1) is 15.5. The summed E-state index contributed by atoms with van der Waals surface area (Å²) in [6, 6.07) is 6.73. The zero-order valence-electron chi connectivity index (χ0n) is 11.5. The Labute approximate surface area is 115 Å². The molecule has 0 aliphatic carbocycles. The lowest BCUT2D eigenvalue weighted by Crippen LogP contribution is -2.31. The third kappa shape index (κ3) is 4.27. The third-order valence-corrected chi connectivity index (χ3v) is 4.05. The summed E-state index contributed by atoms with van der Waals surface area (Å²) < 4.78 is 26.9. The fourth-order valence-electron chi connectivity index (χ4n) is 1.49. The molecule has 5 heteroatoms. The lowest BCUT2D eigenvalue weighted by Gasteiger charge is -2.23. The van der Waals surface area contributed by atoms with Gasteiger partial charge in [-0.1, -0.05) is 25.0 Å². The maximum Gasteiger partial charge on any atom is 0.242 e. The van der Waals surface area contributed by atoms with Gasteiger partial charge >= 0.3 is 0 Å². The molecule has 1 aromatic rings. The Kier molecular flexibility index (Phi) is 4.98. The predicted octanol–water partition coefficient (Wildman–Crippen LogP) is 2.20. The second kappa shape index (κ2) is 6.09. The molecular formula is C14H20N2O2S. The summed E-state index contributed by atoms with van der Waals surface area (Å²) in [5.41, 5.74) is -0.106. The molecular weight excluding hydrogens is 260 g/mol. The van der Waals surface area contributed by atoms with Crippen LogP contribution < -0.4 is 10.0 Å². The minimum atomic E-state index is -3.51. The summed E-state index contributed by atoms with van der Waals surface area (Å²) in [4.78, 5) is 0.215. The number of rotatable bonds is 6. The largest absolute Gasteiger partial charge is 0.368 e. The molecule has 0 saturated heterocycles. The second-order valence-corrected chi connectivity index (χ2v) is 6.52. The molecule has 0 atom stereocenters. The van der Waals surface area contributed by atoms with E-state index in [4.69, 9.17) is 6.42 Å². The van der Waals surface area contributed by atoms with Gasteiger partial charge in [-0.25, -0.2) is 13.1 Å². The van der Waals surface area contributed by atoms with Crippen LogP contribution in [-0.4, -0.2) is 20.5 Å². The number of benzene rings is 1. The maximum absolute atomic E-state index is 12.2. The second-order valence-electron chi connectivity index (χ2n) is 4.79. The molecule has 0 heterocycles. The van der Waals surface area contributed by atoms with Crippen molar-refractivity contribution < 1.29 is 8.42 Å². The summed E-state index contributed by atoms with van der Waals surface area (Å²) in [6.07, 6.45) is 6.16. The smallest absolute Gasteiger partial charge is 0.242 e. The van der Waals surface area contributed by atoms with Gasteiger partial charge in [-0.05, 0) is 32.4 Å². The molecule has 0 spiro atoms. The van der Waals surface area contributed by atoms with Gasteiger partial charge in [0.25, 0.3) is 0 Å². The van der Waals surface area contributed by atoms with Crippen LogP contribution in [0.4, 0.5) is 5.69 Å². The zero-order chi connectivity index (χ0) is 14.5. The Morgan fingerprint density at radius 1 is 1.32 bits per heavy atom. The Balaban J connectivity index is 3.13. The van der Waals surface area contributed by atoms with E-state index >= 15 is 0 Å². The van der Waals surface area contributed by atoms with Crippen LogP contribution in [0.15, 0.2) is 29.2 Å². The van der Waals surface area contributed by atoms with Gasteiger partial charge < -0.3 is 5.32 Å². The highest BCUT2D eigenvalue weighted by Crippen LogP contribution is 2.23. The van der Waals surface area contributed by atoms with E-state index in [1.807, 2.05) is 20.8 Å². The lowest BCUT2D eigenvalue weighted by atomic mass is 10.1. The van der Waals surface area contributed by atoms with Crippen molar-refractivity contribution >= 4 is 15.7 Å². The molecule has 1 aromatic carbocycles. The Bertz CT molecular complexity index is 571. The number of para-hydroxylation sites is 1. The molecule has 104 valence electrons. The Hall–Kier alpha value is -1.51. The molecule has 0 aliphatic rings. The van der Waals surface area contributed by atoms with Crippen LogP contribution in [0.1, 0.15) is 27.2 Å². The zero-order valence-corrected chi connectivity index (χ0v) is 12.3. The van der Waals surface area contributed by atoms with Crippen molar-refractivity contribution in [2.45, 2.75) is 37.6 Å². The summed E-state index contributed by atoms with van der Waals surface area (Å²) in [6.45, 7) is 5.95. The molecule has 0 fully saturated rings. The highest BCUT2D eigenvalue weighted by Gasteiger charge is 2.21. The van der Waals surface area contributed by atoms with Crippen molar-refractivity contribution in [3.8, 4) is 12.3 Å². The summed E-state index contributed by atoms with van der Waals surface area (Å²) in [5, 5.41) is 3.06. The predicted molar refractivity (Wildman–Crippen MR) is 78.5 cm³/mol. The van der Waals surface area contributed by atoms with Crippen molar-refractivity contribution in [1.82, 2.24) is 4.72 Å². The quantitative estimate of drug-likeness (QED) is 0.785. The van der Waals surface area contributed by atoms with E-state index in [9.17, 15) is 8.42 Å². The fraction of sp³-hybridized carbons (Fsp3) is 0.429. The average molecular weight is 280 g/mol. The maximum atomic E-state index is 12.2. The number of hydrogen-bond acceptors (Lipinski definition) is 3. The number of terminal acetylenes is 1. The van der Waals surface area contributed by atoms with Crippen LogP contribution in [0.5, 0.6) is 0 Å². The van der Waals surface area contributed by atoms with Crippen LogP contribution >= 0.6 is 0 Å². The molecule has 0 saturated carbocycles. The number of nitrogens with one attached hydrogen (secondary N) is 2. The van der Waals surface area contributed by atoms with Crippen molar-refractivity contribution in [1.29, 1.82) is 0 Å². The highest BCUT2D eigenvalue weighted by molar-refractivity contribution is 7.89. The van der Waals surface area contributed by atoms with Crippen LogP contribution in [-0.2, 0) is 10.0 Å². The summed E-state index contributed by atoms with van der Waals surface area (Å²) >= 11 is 0. The average Bonchev–Trinajstić information content (AvgIpc) is 2.36. The van der Waals surface area contributed by atoms with Gasteiger partial charge in [-0.3, -0.25) is 0 Å². The molecule has 0 radical (unpaired) electrons. The van der Waals surface area contributed by atoms with E-state index in [0.717, 1.165) is 6.42 Å². The third-order valence-electron chi connectivity index (χ3n) is 2.53. The van der Waals surface area contributed by atoms with Gasteiger partial charge in [0, 0.05) is 6.54 Å². The van der Waals surface area contributed by atoms with Gasteiger partial charge in [0.15, 0.2) is 0 Å². The molecule has 0 unspecified atom stereocenters. The molecule has 0 aromatic heterocycles. The van der Waals surface area contributed by atoms with E-state index in [0.29, 0.717) is 12.2 Å². The topological polar surface area (TPSA) is 58.2 Å². The van der Waals surface area contributed by atoms with Gasteiger partial charge in [0.05, 0.1) is 11.2 Å². The number of sulfonamides is 1. The van der Waals surface area contributed by atoms with E-state index in [-0.39, 0.29) is 4.90 Å². The minimum absolute atomic E-state index is 0.215. The van der Waals surface area contributed by atoms with E-state index in [1.165, 1.54) is 0 Å². The van der Waals surface area contributed by atoms with Crippen LogP contribution in [0.2, 0.25) is 0 Å². The normalized spacial score (nSPS) is 11.9. The number of hydrogen-bond donors (Lipinski definition) is 2. The molecule has 0 bridgehead atoms. The monoisotopic (exact) mass is 280 g/mol. The fourth-order valence-corrected chi connectivity index (χ4v) is 2.79. The van der Waals surface area contributed by atoms with Crippen molar-refractivity contribution in [2.75, 3.05) is 11.9 Å². The molecule has 4 nitrogen and oxygen atoms in total. The molecule has 1 rings (SSSR count). The lowest BCUT2D eigenvalue weighted by molar-refractivity contribution is 0.580.